The van der Waals surface area contributed by atoms with Crippen molar-refractivity contribution in [1.82, 2.24) is 4.90 Å². The van der Waals surface area contributed by atoms with E-state index in [0.29, 0.717) is 16.6 Å². The third kappa shape index (κ3) is 2.99. The summed E-state index contributed by atoms with van der Waals surface area (Å²) in [5, 5.41) is 1.66. The Morgan fingerprint density at radius 3 is 2.90 bits per heavy atom. The lowest BCUT2D eigenvalue weighted by atomic mass is 10.0. The van der Waals surface area contributed by atoms with Gasteiger partial charge in [-0.1, -0.05) is 18.0 Å². The summed E-state index contributed by atoms with van der Waals surface area (Å²) in [5.41, 5.74) is 2.28. The topological polar surface area (TPSA) is 33.5 Å². The zero-order chi connectivity index (χ0) is 15.0. The second-order valence-corrected chi connectivity index (χ2v) is 6.41. The number of hydrogen-bond acceptors (Lipinski definition) is 3. The Labute approximate surface area is 129 Å². The van der Waals surface area contributed by atoms with Crippen LogP contribution < -0.4 is 5.63 Å². The van der Waals surface area contributed by atoms with Crippen molar-refractivity contribution >= 4 is 22.6 Å². The van der Waals surface area contributed by atoms with Crippen molar-refractivity contribution in [2.24, 2.45) is 0 Å². The third-order valence-corrected chi connectivity index (χ3v) is 4.83. The first-order valence-electron chi connectivity index (χ1n) is 7.51. The molecule has 2 heterocycles. The van der Waals surface area contributed by atoms with Gasteiger partial charge in [-0.2, -0.15) is 0 Å². The molecule has 21 heavy (non-hydrogen) atoms. The van der Waals surface area contributed by atoms with Crippen molar-refractivity contribution in [3.63, 3.8) is 0 Å². The standard InChI is InChI=1S/C17H20ClNO2/c1-11-7-16-14(9-15(11)18)13(8-17(20)21-16)10-19-6-4-3-5-12(19)2/h7-9,12H,3-6,10H2,1-2H3/t12-/m1/s1. The van der Waals surface area contributed by atoms with Crippen LogP contribution in [0, 0.1) is 6.92 Å². The molecule has 0 saturated carbocycles. The molecule has 0 amide bonds. The molecule has 1 saturated heterocycles. The van der Waals surface area contributed by atoms with E-state index in [2.05, 4.69) is 11.8 Å². The molecule has 1 aliphatic rings. The highest BCUT2D eigenvalue weighted by Crippen LogP contribution is 2.27. The molecule has 0 unspecified atom stereocenters. The number of piperidine rings is 1. The van der Waals surface area contributed by atoms with E-state index in [4.69, 9.17) is 16.0 Å². The summed E-state index contributed by atoms with van der Waals surface area (Å²) in [7, 11) is 0. The molecule has 1 fully saturated rings. The van der Waals surface area contributed by atoms with E-state index in [9.17, 15) is 4.79 Å². The third-order valence-electron chi connectivity index (χ3n) is 4.42. The molecule has 1 aliphatic heterocycles. The first-order chi connectivity index (χ1) is 10.0. The zero-order valence-corrected chi connectivity index (χ0v) is 13.2. The molecular weight excluding hydrogens is 286 g/mol. The molecule has 0 spiro atoms. The van der Waals surface area contributed by atoms with Gasteiger partial charge in [0.15, 0.2) is 0 Å². The van der Waals surface area contributed by atoms with Crippen LogP contribution >= 0.6 is 11.6 Å². The minimum atomic E-state index is -0.288. The smallest absolute Gasteiger partial charge is 0.336 e. The van der Waals surface area contributed by atoms with Crippen molar-refractivity contribution in [3.05, 3.63) is 44.8 Å². The first-order valence-corrected chi connectivity index (χ1v) is 7.89. The maximum Gasteiger partial charge on any atom is 0.336 e. The molecular formula is C17H20ClNO2. The molecule has 112 valence electrons. The van der Waals surface area contributed by atoms with Crippen LogP contribution in [0.2, 0.25) is 5.02 Å². The molecule has 0 N–H and O–H groups in total. The number of hydrogen-bond donors (Lipinski definition) is 0. The lowest BCUT2D eigenvalue weighted by Crippen LogP contribution is -2.36. The number of benzene rings is 1. The highest BCUT2D eigenvalue weighted by molar-refractivity contribution is 6.32. The number of fused-ring (bicyclic) bond motifs is 1. The van der Waals surface area contributed by atoms with Gasteiger partial charge < -0.3 is 4.42 Å². The van der Waals surface area contributed by atoms with E-state index in [0.717, 1.165) is 29.6 Å². The molecule has 0 aliphatic carbocycles. The average molecular weight is 306 g/mol. The van der Waals surface area contributed by atoms with E-state index in [1.807, 2.05) is 19.1 Å². The second-order valence-electron chi connectivity index (χ2n) is 6.00. The molecule has 4 heteroatoms. The Balaban J connectivity index is 2.04. The van der Waals surface area contributed by atoms with Crippen LogP contribution in [-0.4, -0.2) is 17.5 Å². The number of halogens is 1. The summed E-state index contributed by atoms with van der Waals surface area (Å²) >= 11 is 6.24. The zero-order valence-electron chi connectivity index (χ0n) is 12.5. The minimum absolute atomic E-state index is 0.288. The number of rotatable bonds is 2. The van der Waals surface area contributed by atoms with Gasteiger partial charge in [0, 0.05) is 29.1 Å². The molecule has 2 aromatic rings. The number of aryl methyl sites for hydroxylation is 1. The van der Waals surface area contributed by atoms with Crippen molar-refractivity contribution < 1.29 is 4.42 Å². The summed E-state index contributed by atoms with van der Waals surface area (Å²) in [6.45, 7) is 6.04. The van der Waals surface area contributed by atoms with Crippen LogP contribution in [0.1, 0.15) is 37.3 Å². The lowest BCUT2D eigenvalue weighted by Gasteiger charge is -2.33. The predicted molar refractivity (Wildman–Crippen MR) is 86.0 cm³/mol. The SMILES string of the molecule is Cc1cc2oc(=O)cc(CN3CCCC[C@H]3C)c2cc1Cl. The summed E-state index contributed by atoms with van der Waals surface area (Å²) in [5.74, 6) is 0. The number of likely N-dealkylation sites (tertiary alicyclic amines) is 1. The molecule has 1 aromatic heterocycles. The maximum atomic E-state index is 11.8. The molecule has 3 nitrogen and oxygen atoms in total. The number of nitrogens with zero attached hydrogens (tertiary/aromatic N) is 1. The Bertz CT molecular complexity index is 723. The fourth-order valence-electron chi connectivity index (χ4n) is 3.09. The van der Waals surface area contributed by atoms with Crippen LogP contribution in [0.3, 0.4) is 0 Å². The summed E-state index contributed by atoms with van der Waals surface area (Å²) < 4.78 is 5.32. The van der Waals surface area contributed by atoms with Gasteiger partial charge >= 0.3 is 5.63 Å². The van der Waals surface area contributed by atoms with Gasteiger partial charge in [-0.3, -0.25) is 4.90 Å². The molecule has 1 aromatic carbocycles. The molecule has 3 rings (SSSR count). The molecule has 0 radical (unpaired) electrons. The second kappa shape index (κ2) is 5.82. The average Bonchev–Trinajstić information content (AvgIpc) is 2.43. The molecule has 0 bridgehead atoms. The maximum absolute atomic E-state index is 11.8. The van der Waals surface area contributed by atoms with Crippen LogP contribution in [0.5, 0.6) is 0 Å². The van der Waals surface area contributed by atoms with Crippen LogP contribution in [0.25, 0.3) is 11.0 Å². The summed E-state index contributed by atoms with van der Waals surface area (Å²) in [6, 6.07) is 5.93. The van der Waals surface area contributed by atoms with Gasteiger partial charge in [0.2, 0.25) is 0 Å². The fourth-order valence-corrected chi connectivity index (χ4v) is 3.25. The summed E-state index contributed by atoms with van der Waals surface area (Å²) in [4.78, 5) is 14.2. The van der Waals surface area contributed by atoms with Crippen molar-refractivity contribution in [2.75, 3.05) is 6.54 Å². The van der Waals surface area contributed by atoms with Gasteiger partial charge in [-0.25, -0.2) is 4.79 Å². The largest absolute Gasteiger partial charge is 0.423 e. The van der Waals surface area contributed by atoms with Gasteiger partial charge in [0.1, 0.15) is 5.58 Å². The van der Waals surface area contributed by atoms with Gasteiger partial charge in [-0.15, -0.1) is 0 Å². The van der Waals surface area contributed by atoms with E-state index >= 15 is 0 Å². The van der Waals surface area contributed by atoms with Crippen LogP contribution in [0.4, 0.5) is 0 Å². The van der Waals surface area contributed by atoms with Gasteiger partial charge in [0.25, 0.3) is 0 Å². The van der Waals surface area contributed by atoms with Gasteiger partial charge in [0.05, 0.1) is 0 Å². The predicted octanol–water partition coefficient (Wildman–Crippen LogP) is 4.13. The van der Waals surface area contributed by atoms with Crippen molar-refractivity contribution in [1.29, 1.82) is 0 Å². The van der Waals surface area contributed by atoms with Crippen molar-refractivity contribution in [2.45, 2.75) is 45.7 Å². The lowest BCUT2D eigenvalue weighted by molar-refractivity contribution is 0.153. The van der Waals surface area contributed by atoms with Crippen molar-refractivity contribution in [3.8, 4) is 0 Å². The van der Waals surface area contributed by atoms with E-state index in [1.165, 1.54) is 19.3 Å². The molecule has 1 atom stereocenters. The van der Waals surface area contributed by atoms with Crippen LogP contribution in [0.15, 0.2) is 27.4 Å². The van der Waals surface area contributed by atoms with E-state index in [-0.39, 0.29) is 5.63 Å². The Kier molecular flexibility index (Phi) is 4.05. The highest BCUT2D eigenvalue weighted by atomic mass is 35.5. The Hall–Kier alpha value is -1.32. The van der Waals surface area contributed by atoms with Crippen LogP contribution in [-0.2, 0) is 6.54 Å². The van der Waals surface area contributed by atoms with E-state index in [1.54, 1.807) is 6.07 Å². The highest BCUT2D eigenvalue weighted by Gasteiger charge is 2.20. The van der Waals surface area contributed by atoms with Gasteiger partial charge in [-0.05, 0) is 56.5 Å². The quantitative estimate of drug-likeness (QED) is 0.782. The monoisotopic (exact) mass is 305 g/mol. The Morgan fingerprint density at radius 1 is 1.33 bits per heavy atom. The normalized spacial score (nSPS) is 20.0. The first kappa shape index (κ1) is 14.6. The Morgan fingerprint density at radius 2 is 2.14 bits per heavy atom. The minimum Gasteiger partial charge on any atom is -0.423 e. The fraction of sp³-hybridized carbons (Fsp3) is 0.471. The van der Waals surface area contributed by atoms with E-state index < -0.39 is 0 Å². The summed E-state index contributed by atoms with van der Waals surface area (Å²) in [6.07, 6.45) is 3.74.